The van der Waals surface area contributed by atoms with Crippen molar-refractivity contribution in [2.24, 2.45) is 0 Å². The first-order chi connectivity index (χ1) is 5.79. The Morgan fingerprint density at radius 2 is 2.42 bits per heavy atom. The highest BCUT2D eigenvalue weighted by Gasteiger charge is 2.08. The van der Waals surface area contributed by atoms with Crippen molar-refractivity contribution in [1.82, 2.24) is 10.3 Å². The molecule has 1 aromatic rings. The number of hydrogen-bond donors (Lipinski definition) is 1. The summed E-state index contributed by atoms with van der Waals surface area (Å²) in [6.45, 7) is 0. The van der Waals surface area contributed by atoms with E-state index in [2.05, 4.69) is 10.3 Å². The van der Waals surface area contributed by atoms with Gasteiger partial charge in [-0.1, -0.05) is 0 Å². The largest absolute Gasteiger partial charge is 0.354 e. The Labute approximate surface area is 69.6 Å². The van der Waals surface area contributed by atoms with Crippen LogP contribution in [0.1, 0.15) is 20.8 Å². The fraction of sp³-hybridized carbons (Fsp3) is 0.125. The van der Waals surface area contributed by atoms with E-state index < -0.39 is 0 Å². The normalized spacial score (nSPS) is 9.08. The van der Waals surface area contributed by atoms with Crippen molar-refractivity contribution in [2.75, 3.05) is 7.05 Å². The van der Waals surface area contributed by atoms with Gasteiger partial charge in [-0.2, -0.15) is 0 Å². The van der Waals surface area contributed by atoms with Crippen LogP contribution >= 0.6 is 0 Å². The highest BCUT2D eigenvalue weighted by atomic mass is 16.2. The Hall–Kier alpha value is -1.71. The lowest BCUT2D eigenvalue weighted by molar-refractivity contribution is 0.0952. The van der Waals surface area contributed by atoms with E-state index in [0.29, 0.717) is 11.8 Å². The zero-order chi connectivity index (χ0) is 8.97. The number of aromatic nitrogens is 1. The van der Waals surface area contributed by atoms with Gasteiger partial charge in [0.2, 0.25) is 0 Å². The molecule has 0 aliphatic rings. The molecule has 0 saturated carbocycles. The van der Waals surface area contributed by atoms with Gasteiger partial charge in [-0.25, -0.2) is 0 Å². The zero-order valence-electron chi connectivity index (χ0n) is 6.57. The molecule has 0 atom stereocenters. The Morgan fingerprint density at radius 3 is 3.00 bits per heavy atom. The molecule has 62 valence electrons. The molecule has 1 N–H and O–H groups in total. The summed E-state index contributed by atoms with van der Waals surface area (Å²) < 4.78 is 0. The molecule has 0 fully saturated rings. The molecule has 1 heterocycles. The predicted molar refractivity (Wildman–Crippen MR) is 43.0 cm³/mol. The number of nitrogens with one attached hydrogen (secondary N) is 1. The second kappa shape index (κ2) is 3.61. The van der Waals surface area contributed by atoms with Gasteiger partial charge in [-0.3, -0.25) is 14.6 Å². The number of carbonyl (C=O) groups excluding carboxylic acids is 2. The van der Waals surface area contributed by atoms with Gasteiger partial charge in [0.05, 0.1) is 0 Å². The fourth-order valence-electron chi connectivity index (χ4n) is 0.821. The standard InChI is InChI=1S/C8H8N2O2/c1-9-8(12)7-6(5-11)3-2-4-10-7/h2-5H,1H3,(H,9,12). The van der Waals surface area contributed by atoms with Crippen molar-refractivity contribution in [3.8, 4) is 0 Å². The molecule has 12 heavy (non-hydrogen) atoms. The lowest BCUT2D eigenvalue weighted by atomic mass is 10.2. The maximum absolute atomic E-state index is 11.1. The highest BCUT2D eigenvalue weighted by molar-refractivity contribution is 5.99. The van der Waals surface area contributed by atoms with E-state index in [-0.39, 0.29) is 11.6 Å². The van der Waals surface area contributed by atoms with Crippen molar-refractivity contribution in [3.05, 3.63) is 29.6 Å². The zero-order valence-corrected chi connectivity index (χ0v) is 6.57. The van der Waals surface area contributed by atoms with Crippen LogP contribution < -0.4 is 5.32 Å². The molecule has 4 heteroatoms. The van der Waals surface area contributed by atoms with Gasteiger partial charge >= 0.3 is 0 Å². The maximum Gasteiger partial charge on any atom is 0.270 e. The quantitative estimate of drug-likeness (QED) is 0.637. The SMILES string of the molecule is CNC(=O)c1ncccc1C=O. The number of amides is 1. The van der Waals surface area contributed by atoms with Crippen LogP contribution in [-0.4, -0.2) is 24.2 Å². The molecular weight excluding hydrogens is 156 g/mol. The summed E-state index contributed by atoms with van der Waals surface area (Å²) in [6.07, 6.45) is 2.08. The molecule has 0 spiro atoms. The Balaban J connectivity index is 3.13. The van der Waals surface area contributed by atoms with Crippen molar-refractivity contribution in [2.45, 2.75) is 0 Å². The molecule has 1 aromatic heterocycles. The summed E-state index contributed by atoms with van der Waals surface area (Å²) in [5.41, 5.74) is 0.465. The minimum atomic E-state index is -0.349. The molecule has 4 nitrogen and oxygen atoms in total. The summed E-state index contributed by atoms with van der Waals surface area (Å²) in [4.78, 5) is 25.3. The third-order valence-corrected chi connectivity index (χ3v) is 1.41. The third kappa shape index (κ3) is 1.47. The summed E-state index contributed by atoms with van der Waals surface area (Å²) >= 11 is 0. The molecule has 0 saturated heterocycles. The van der Waals surface area contributed by atoms with Crippen LogP contribution in [0.25, 0.3) is 0 Å². The van der Waals surface area contributed by atoms with Crippen LogP contribution in [0.3, 0.4) is 0 Å². The average Bonchev–Trinajstić information content (AvgIpc) is 2.16. The minimum absolute atomic E-state index is 0.162. The van der Waals surface area contributed by atoms with Crippen molar-refractivity contribution in [1.29, 1.82) is 0 Å². The van der Waals surface area contributed by atoms with Crippen LogP contribution in [0.5, 0.6) is 0 Å². The fourth-order valence-corrected chi connectivity index (χ4v) is 0.821. The number of hydrogen-bond acceptors (Lipinski definition) is 3. The van der Waals surface area contributed by atoms with Gasteiger partial charge in [0, 0.05) is 18.8 Å². The topological polar surface area (TPSA) is 59.1 Å². The predicted octanol–water partition coefficient (Wildman–Crippen LogP) is 0.254. The van der Waals surface area contributed by atoms with Gasteiger partial charge in [0.25, 0.3) is 5.91 Å². The van der Waals surface area contributed by atoms with Crippen LogP contribution in [0, 0.1) is 0 Å². The molecule has 0 aromatic carbocycles. The molecule has 0 unspecified atom stereocenters. The number of nitrogens with zero attached hydrogens (tertiary/aromatic N) is 1. The van der Waals surface area contributed by atoms with Crippen LogP contribution in [-0.2, 0) is 0 Å². The first-order valence-electron chi connectivity index (χ1n) is 3.42. The van der Waals surface area contributed by atoms with Crippen LogP contribution in [0.4, 0.5) is 0 Å². The Kier molecular flexibility index (Phi) is 2.53. The third-order valence-electron chi connectivity index (χ3n) is 1.41. The van der Waals surface area contributed by atoms with E-state index in [9.17, 15) is 9.59 Å². The van der Waals surface area contributed by atoms with E-state index in [4.69, 9.17) is 0 Å². The van der Waals surface area contributed by atoms with Gasteiger partial charge in [0.1, 0.15) is 5.69 Å². The molecule has 1 rings (SSSR count). The highest BCUT2D eigenvalue weighted by Crippen LogP contribution is 2.00. The van der Waals surface area contributed by atoms with E-state index in [1.807, 2.05) is 0 Å². The molecule has 0 aliphatic carbocycles. The lowest BCUT2D eigenvalue weighted by Crippen LogP contribution is -2.20. The van der Waals surface area contributed by atoms with Crippen LogP contribution in [0.15, 0.2) is 18.3 Å². The van der Waals surface area contributed by atoms with Gasteiger partial charge in [-0.05, 0) is 12.1 Å². The van der Waals surface area contributed by atoms with Gasteiger partial charge in [0.15, 0.2) is 6.29 Å². The van der Waals surface area contributed by atoms with Gasteiger partial charge < -0.3 is 5.32 Å². The smallest absolute Gasteiger partial charge is 0.270 e. The first kappa shape index (κ1) is 8.39. The Bertz CT molecular complexity index is 310. The van der Waals surface area contributed by atoms with Crippen molar-refractivity contribution < 1.29 is 9.59 Å². The van der Waals surface area contributed by atoms with Crippen LogP contribution in [0.2, 0.25) is 0 Å². The summed E-state index contributed by atoms with van der Waals surface area (Å²) in [5, 5.41) is 2.40. The average molecular weight is 164 g/mol. The second-order valence-electron chi connectivity index (χ2n) is 2.14. The monoisotopic (exact) mass is 164 g/mol. The van der Waals surface area contributed by atoms with E-state index in [0.717, 1.165) is 0 Å². The number of rotatable bonds is 2. The van der Waals surface area contributed by atoms with E-state index in [1.54, 1.807) is 12.1 Å². The lowest BCUT2D eigenvalue weighted by Gasteiger charge is -1.99. The molecule has 0 radical (unpaired) electrons. The first-order valence-corrected chi connectivity index (χ1v) is 3.42. The molecule has 0 bridgehead atoms. The van der Waals surface area contributed by atoms with E-state index in [1.165, 1.54) is 13.2 Å². The number of pyridine rings is 1. The summed E-state index contributed by atoms with van der Waals surface area (Å²) in [6, 6.07) is 3.15. The molecule has 0 aliphatic heterocycles. The number of aldehydes is 1. The van der Waals surface area contributed by atoms with Crippen molar-refractivity contribution in [3.63, 3.8) is 0 Å². The van der Waals surface area contributed by atoms with Gasteiger partial charge in [-0.15, -0.1) is 0 Å². The second-order valence-corrected chi connectivity index (χ2v) is 2.14. The molecule has 1 amide bonds. The molecular formula is C8H8N2O2. The summed E-state index contributed by atoms with van der Waals surface area (Å²) in [7, 11) is 1.49. The number of carbonyl (C=O) groups is 2. The van der Waals surface area contributed by atoms with E-state index >= 15 is 0 Å². The maximum atomic E-state index is 11.1. The minimum Gasteiger partial charge on any atom is -0.354 e. The Morgan fingerprint density at radius 1 is 1.67 bits per heavy atom. The summed E-state index contributed by atoms with van der Waals surface area (Å²) in [5.74, 6) is -0.349. The van der Waals surface area contributed by atoms with Crippen molar-refractivity contribution >= 4 is 12.2 Å².